The van der Waals surface area contributed by atoms with Gasteiger partial charge >= 0.3 is 0 Å². The Balaban J connectivity index is 1.58. The zero-order valence-electron chi connectivity index (χ0n) is 11.1. The standard InChI is InChI=1S/C14H26N2/c1-11-8-15-6-4-5-13(15)10-16(11)9-12-7-14(12,2)3/h11-13H,4-10H2,1-3H3. The van der Waals surface area contributed by atoms with E-state index in [-0.39, 0.29) is 0 Å². The predicted octanol–water partition coefficient (Wildman–Crippen LogP) is 2.20. The van der Waals surface area contributed by atoms with Crippen LogP contribution in [0.25, 0.3) is 0 Å². The molecule has 0 radical (unpaired) electrons. The number of rotatable bonds is 2. The van der Waals surface area contributed by atoms with Crippen molar-refractivity contribution in [2.45, 2.75) is 52.1 Å². The highest BCUT2D eigenvalue weighted by Gasteiger charge is 2.47. The highest BCUT2D eigenvalue weighted by atomic mass is 15.3. The molecular weight excluding hydrogens is 196 g/mol. The van der Waals surface area contributed by atoms with E-state index >= 15 is 0 Å². The first-order chi connectivity index (χ1) is 7.56. The second-order valence-electron chi connectivity index (χ2n) is 6.98. The van der Waals surface area contributed by atoms with Crippen LogP contribution in [0.1, 0.15) is 40.0 Å². The third kappa shape index (κ3) is 1.91. The fraction of sp³-hybridized carbons (Fsp3) is 1.00. The topological polar surface area (TPSA) is 6.48 Å². The molecule has 2 aliphatic heterocycles. The molecule has 16 heavy (non-hydrogen) atoms. The molecule has 2 heterocycles. The number of nitrogens with zero attached hydrogens (tertiary/aromatic N) is 2. The minimum atomic E-state index is 0.645. The van der Waals surface area contributed by atoms with Crippen LogP contribution in [0.5, 0.6) is 0 Å². The maximum absolute atomic E-state index is 2.77. The van der Waals surface area contributed by atoms with Crippen molar-refractivity contribution in [3.8, 4) is 0 Å². The Labute approximate surface area is 100.0 Å². The third-order valence-electron chi connectivity index (χ3n) is 5.24. The van der Waals surface area contributed by atoms with Crippen LogP contribution < -0.4 is 0 Å². The Morgan fingerprint density at radius 3 is 2.69 bits per heavy atom. The first-order valence-corrected chi connectivity index (χ1v) is 7.04. The molecule has 2 heteroatoms. The molecule has 0 bridgehead atoms. The molecule has 0 N–H and O–H groups in total. The number of piperazine rings is 1. The zero-order valence-corrected chi connectivity index (χ0v) is 11.1. The van der Waals surface area contributed by atoms with E-state index in [1.54, 1.807) is 0 Å². The normalized spacial score (nSPS) is 43.3. The second kappa shape index (κ2) is 3.71. The largest absolute Gasteiger partial charge is 0.298 e. The summed E-state index contributed by atoms with van der Waals surface area (Å²) in [7, 11) is 0. The van der Waals surface area contributed by atoms with Gasteiger partial charge in [-0.15, -0.1) is 0 Å². The van der Waals surface area contributed by atoms with Gasteiger partial charge in [-0.05, 0) is 44.1 Å². The molecule has 1 saturated carbocycles. The summed E-state index contributed by atoms with van der Waals surface area (Å²) in [5.41, 5.74) is 0.645. The average molecular weight is 222 g/mol. The lowest BCUT2D eigenvalue weighted by Crippen LogP contribution is -2.55. The fourth-order valence-electron chi connectivity index (χ4n) is 3.67. The van der Waals surface area contributed by atoms with Gasteiger partial charge in [0.2, 0.25) is 0 Å². The van der Waals surface area contributed by atoms with Gasteiger partial charge in [0, 0.05) is 31.7 Å². The van der Waals surface area contributed by atoms with Crippen LogP contribution in [0.3, 0.4) is 0 Å². The smallest absolute Gasteiger partial charge is 0.0224 e. The summed E-state index contributed by atoms with van der Waals surface area (Å²) < 4.78 is 0. The van der Waals surface area contributed by atoms with Crippen LogP contribution in [0, 0.1) is 11.3 Å². The van der Waals surface area contributed by atoms with Crippen molar-refractivity contribution < 1.29 is 0 Å². The molecule has 3 atom stereocenters. The number of hydrogen-bond donors (Lipinski definition) is 0. The maximum Gasteiger partial charge on any atom is 0.0224 e. The van der Waals surface area contributed by atoms with Crippen molar-refractivity contribution in [3.63, 3.8) is 0 Å². The molecule has 92 valence electrons. The van der Waals surface area contributed by atoms with E-state index in [1.165, 1.54) is 45.4 Å². The monoisotopic (exact) mass is 222 g/mol. The average Bonchev–Trinajstić information content (AvgIpc) is 2.60. The zero-order chi connectivity index (χ0) is 11.3. The SMILES string of the molecule is CC1CN2CCCC2CN1CC1CC1(C)C. The molecule has 1 aliphatic carbocycles. The van der Waals surface area contributed by atoms with Crippen molar-refractivity contribution in [1.29, 1.82) is 0 Å². The van der Waals surface area contributed by atoms with E-state index in [0.717, 1.165) is 18.0 Å². The molecule has 3 unspecified atom stereocenters. The van der Waals surface area contributed by atoms with Crippen molar-refractivity contribution >= 4 is 0 Å². The van der Waals surface area contributed by atoms with Gasteiger partial charge < -0.3 is 0 Å². The summed E-state index contributed by atoms with van der Waals surface area (Å²) in [5.74, 6) is 0.975. The molecule has 0 aromatic carbocycles. The minimum Gasteiger partial charge on any atom is -0.298 e. The van der Waals surface area contributed by atoms with Gasteiger partial charge in [0.05, 0.1) is 0 Å². The molecular formula is C14H26N2. The first-order valence-electron chi connectivity index (χ1n) is 7.04. The van der Waals surface area contributed by atoms with Gasteiger partial charge in [-0.1, -0.05) is 13.8 Å². The molecule has 0 aromatic rings. The summed E-state index contributed by atoms with van der Waals surface area (Å²) in [4.78, 5) is 5.49. The van der Waals surface area contributed by atoms with Crippen molar-refractivity contribution in [1.82, 2.24) is 9.80 Å². The quantitative estimate of drug-likeness (QED) is 0.707. The lowest BCUT2D eigenvalue weighted by atomic mass is 10.1. The summed E-state index contributed by atoms with van der Waals surface area (Å²) in [6, 6.07) is 1.67. The third-order valence-corrected chi connectivity index (χ3v) is 5.24. The number of fused-ring (bicyclic) bond motifs is 1. The molecule has 0 spiro atoms. The van der Waals surface area contributed by atoms with E-state index in [1.807, 2.05) is 0 Å². The highest BCUT2D eigenvalue weighted by molar-refractivity contribution is 4.99. The Kier molecular flexibility index (Phi) is 2.56. The molecule has 2 nitrogen and oxygen atoms in total. The molecule has 3 aliphatic rings. The van der Waals surface area contributed by atoms with E-state index < -0.39 is 0 Å². The summed E-state index contributed by atoms with van der Waals surface area (Å²) in [6.07, 6.45) is 4.32. The van der Waals surface area contributed by atoms with E-state index in [9.17, 15) is 0 Å². The van der Waals surface area contributed by atoms with E-state index in [4.69, 9.17) is 0 Å². The molecule has 0 amide bonds. The Hall–Kier alpha value is -0.0800. The Morgan fingerprint density at radius 2 is 2.00 bits per heavy atom. The van der Waals surface area contributed by atoms with Gasteiger partial charge in [0.25, 0.3) is 0 Å². The summed E-state index contributed by atoms with van der Waals surface area (Å²) in [6.45, 7) is 12.6. The molecule has 3 fully saturated rings. The van der Waals surface area contributed by atoms with Crippen LogP contribution in [-0.2, 0) is 0 Å². The molecule has 2 saturated heterocycles. The highest BCUT2D eigenvalue weighted by Crippen LogP contribution is 2.52. The first kappa shape index (κ1) is 11.0. The molecule has 0 aromatic heterocycles. The minimum absolute atomic E-state index is 0.645. The Bertz CT molecular complexity index is 272. The van der Waals surface area contributed by atoms with Gasteiger partial charge in [0.15, 0.2) is 0 Å². The van der Waals surface area contributed by atoms with E-state index in [0.29, 0.717) is 5.41 Å². The maximum atomic E-state index is 2.77. The predicted molar refractivity (Wildman–Crippen MR) is 67.5 cm³/mol. The van der Waals surface area contributed by atoms with Crippen LogP contribution in [0.2, 0.25) is 0 Å². The fourth-order valence-corrected chi connectivity index (χ4v) is 3.67. The molecule has 3 rings (SSSR count). The van der Waals surface area contributed by atoms with Crippen LogP contribution in [-0.4, -0.2) is 48.1 Å². The van der Waals surface area contributed by atoms with Gasteiger partial charge in [-0.2, -0.15) is 0 Å². The summed E-state index contributed by atoms with van der Waals surface area (Å²) >= 11 is 0. The Morgan fingerprint density at radius 1 is 1.25 bits per heavy atom. The van der Waals surface area contributed by atoms with E-state index in [2.05, 4.69) is 30.6 Å². The lowest BCUT2D eigenvalue weighted by molar-refractivity contribution is 0.0539. The van der Waals surface area contributed by atoms with Crippen LogP contribution in [0.15, 0.2) is 0 Å². The number of hydrogen-bond acceptors (Lipinski definition) is 2. The van der Waals surface area contributed by atoms with Gasteiger partial charge in [0.1, 0.15) is 0 Å². The van der Waals surface area contributed by atoms with Crippen LogP contribution >= 0.6 is 0 Å². The second-order valence-corrected chi connectivity index (χ2v) is 6.98. The van der Waals surface area contributed by atoms with Crippen molar-refractivity contribution in [2.24, 2.45) is 11.3 Å². The van der Waals surface area contributed by atoms with Crippen molar-refractivity contribution in [2.75, 3.05) is 26.2 Å². The van der Waals surface area contributed by atoms with Crippen molar-refractivity contribution in [3.05, 3.63) is 0 Å². The lowest BCUT2D eigenvalue weighted by Gasteiger charge is -2.42. The van der Waals surface area contributed by atoms with Gasteiger partial charge in [-0.3, -0.25) is 9.80 Å². The van der Waals surface area contributed by atoms with Crippen LogP contribution in [0.4, 0.5) is 0 Å². The summed E-state index contributed by atoms with van der Waals surface area (Å²) in [5, 5.41) is 0. The van der Waals surface area contributed by atoms with Gasteiger partial charge in [-0.25, -0.2) is 0 Å².